The van der Waals surface area contributed by atoms with Gasteiger partial charge in [-0.05, 0) is 28.1 Å². The third-order valence-corrected chi connectivity index (χ3v) is 5.19. The zero-order valence-corrected chi connectivity index (χ0v) is 16.1. The van der Waals surface area contributed by atoms with Gasteiger partial charge in [0.25, 0.3) is 0 Å². The molecule has 24 heavy (non-hydrogen) atoms. The molecule has 0 unspecified atom stereocenters. The van der Waals surface area contributed by atoms with Gasteiger partial charge in [-0.25, -0.2) is 0 Å². The van der Waals surface area contributed by atoms with Crippen molar-refractivity contribution in [3.8, 4) is 0 Å². The number of rotatable bonds is 4. The highest BCUT2D eigenvalue weighted by atomic mass is 79.9. The van der Waals surface area contributed by atoms with E-state index in [9.17, 15) is 4.79 Å². The zero-order valence-electron chi connectivity index (χ0n) is 13.0. The molecular weight excluding hydrogens is 415 g/mol. The first-order chi connectivity index (χ1) is 11.5. The summed E-state index contributed by atoms with van der Waals surface area (Å²) in [6.07, 6.45) is 3.48. The van der Waals surface area contributed by atoms with E-state index < -0.39 is 0 Å². The molecule has 1 aromatic carbocycles. The Morgan fingerprint density at radius 1 is 1.17 bits per heavy atom. The molecule has 0 atom stereocenters. The number of hydrogen-bond donors (Lipinski definition) is 0. The van der Waals surface area contributed by atoms with Crippen molar-refractivity contribution in [2.24, 2.45) is 0 Å². The van der Waals surface area contributed by atoms with Crippen LogP contribution in [-0.4, -0.2) is 51.7 Å². The minimum Gasteiger partial charge on any atom is -0.339 e. The molecule has 2 aromatic rings. The highest BCUT2D eigenvalue weighted by molar-refractivity contribution is 9.10. The molecule has 8 heteroatoms. The number of amides is 1. The van der Waals surface area contributed by atoms with Crippen LogP contribution in [0, 0.1) is 0 Å². The minimum absolute atomic E-state index is 0.0843. The normalized spacial score (nSPS) is 15.7. The Morgan fingerprint density at radius 3 is 2.42 bits per heavy atom. The lowest BCUT2D eigenvalue weighted by Gasteiger charge is -2.35. The van der Waals surface area contributed by atoms with E-state index in [4.69, 9.17) is 23.2 Å². The van der Waals surface area contributed by atoms with Crippen LogP contribution in [0.4, 0.5) is 0 Å². The number of piperazine rings is 1. The SMILES string of the molecule is O=C(Cn1cc(Br)cn1)N1CCN(Cc2c(Cl)cccc2Cl)CC1. The molecule has 1 fully saturated rings. The standard InChI is InChI=1S/C16H17BrCl2N4O/c17-12-8-20-23(9-12)11-16(24)22-6-4-21(5-7-22)10-13-14(18)2-1-3-15(13)19/h1-3,8-9H,4-7,10-11H2. The lowest BCUT2D eigenvalue weighted by atomic mass is 10.2. The number of aromatic nitrogens is 2. The molecule has 5 nitrogen and oxygen atoms in total. The quantitative estimate of drug-likeness (QED) is 0.745. The van der Waals surface area contributed by atoms with E-state index in [-0.39, 0.29) is 12.5 Å². The van der Waals surface area contributed by atoms with Crippen molar-refractivity contribution in [3.63, 3.8) is 0 Å². The van der Waals surface area contributed by atoms with Crippen molar-refractivity contribution in [3.05, 3.63) is 50.7 Å². The first-order valence-electron chi connectivity index (χ1n) is 7.64. The maximum atomic E-state index is 12.3. The van der Waals surface area contributed by atoms with Crippen LogP contribution in [0.25, 0.3) is 0 Å². The summed E-state index contributed by atoms with van der Waals surface area (Å²) in [5.74, 6) is 0.0843. The van der Waals surface area contributed by atoms with Crippen molar-refractivity contribution in [1.29, 1.82) is 0 Å². The molecule has 128 valence electrons. The van der Waals surface area contributed by atoms with E-state index >= 15 is 0 Å². The van der Waals surface area contributed by atoms with Crippen LogP contribution >= 0.6 is 39.1 Å². The van der Waals surface area contributed by atoms with Gasteiger partial charge in [0, 0.05) is 54.5 Å². The Bertz CT molecular complexity index is 708. The maximum absolute atomic E-state index is 12.3. The van der Waals surface area contributed by atoms with Gasteiger partial charge in [-0.1, -0.05) is 29.3 Å². The average Bonchev–Trinajstić information content (AvgIpc) is 2.96. The lowest BCUT2D eigenvalue weighted by molar-refractivity contribution is -0.133. The van der Waals surface area contributed by atoms with E-state index in [1.807, 2.05) is 23.1 Å². The molecule has 1 aromatic heterocycles. The van der Waals surface area contributed by atoms with Crippen LogP contribution in [0.15, 0.2) is 35.1 Å². The molecule has 1 saturated heterocycles. The summed E-state index contributed by atoms with van der Waals surface area (Å²) in [6.45, 7) is 3.97. The fourth-order valence-electron chi connectivity index (χ4n) is 2.73. The Morgan fingerprint density at radius 2 is 1.83 bits per heavy atom. The van der Waals surface area contributed by atoms with Gasteiger partial charge in [-0.2, -0.15) is 5.10 Å². The smallest absolute Gasteiger partial charge is 0.244 e. The van der Waals surface area contributed by atoms with Gasteiger partial charge in [-0.15, -0.1) is 0 Å². The Kier molecular flexibility index (Phi) is 5.81. The van der Waals surface area contributed by atoms with Crippen molar-refractivity contribution in [2.45, 2.75) is 13.1 Å². The van der Waals surface area contributed by atoms with Crippen molar-refractivity contribution >= 4 is 45.0 Å². The summed E-state index contributed by atoms with van der Waals surface area (Å²) in [4.78, 5) is 16.5. The van der Waals surface area contributed by atoms with Crippen LogP contribution in [-0.2, 0) is 17.9 Å². The van der Waals surface area contributed by atoms with Crippen LogP contribution in [0.5, 0.6) is 0 Å². The fraction of sp³-hybridized carbons (Fsp3) is 0.375. The molecule has 2 heterocycles. The Balaban J connectivity index is 1.53. The third-order valence-electron chi connectivity index (χ3n) is 4.07. The fourth-order valence-corrected chi connectivity index (χ4v) is 3.57. The molecule has 0 spiro atoms. The lowest BCUT2D eigenvalue weighted by Crippen LogP contribution is -2.49. The molecular formula is C16H17BrCl2N4O. The first kappa shape index (κ1) is 17.7. The predicted octanol–water partition coefficient (Wildman–Crippen LogP) is 3.30. The van der Waals surface area contributed by atoms with Crippen LogP contribution in [0.2, 0.25) is 10.0 Å². The molecule has 0 N–H and O–H groups in total. The summed E-state index contributed by atoms with van der Waals surface area (Å²) in [7, 11) is 0. The molecule has 3 rings (SSSR count). The van der Waals surface area contributed by atoms with Crippen LogP contribution < -0.4 is 0 Å². The predicted molar refractivity (Wildman–Crippen MR) is 98.2 cm³/mol. The van der Waals surface area contributed by atoms with Gasteiger partial charge in [-0.3, -0.25) is 14.4 Å². The second kappa shape index (κ2) is 7.87. The van der Waals surface area contributed by atoms with Gasteiger partial charge in [0.05, 0.1) is 10.7 Å². The van der Waals surface area contributed by atoms with Gasteiger partial charge in [0.2, 0.25) is 5.91 Å². The molecule has 0 radical (unpaired) electrons. The number of nitrogens with zero attached hydrogens (tertiary/aromatic N) is 4. The highest BCUT2D eigenvalue weighted by Crippen LogP contribution is 2.26. The summed E-state index contributed by atoms with van der Waals surface area (Å²) < 4.78 is 2.51. The van der Waals surface area contributed by atoms with E-state index in [1.54, 1.807) is 17.1 Å². The van der Waals surface area contributed by atoms with Crippen molar-refractivity contribution in [2.75, 3.05) is 26.2 Å². The number of carbonyl (C=O) groups excluding carboxylic acids is 1. The van der Waals surface area contributed by atoms with Gasteiger partial charge >= 0.3 is 0 Å². The van der Waals surface area contributed by atoms with Crippen LogP contribution in [0.1, 0.15) is 5.56 Å². The number of benzene rings is 1. The van der Waals surface area contributed by atoms with Gasteiger partial charge in [0.1, 0.15) is 6.54 Å². The average molecular weight is 432 g/mol. The molecule has 1 amide bonds. The Hall–Kier alpha value is -1.08. The maximum Gasteiger partial charge on any atom is 0.244 e. The van der Waals surface area contributed by atoms with E-state index in [1.165, 1.54) is 0 Å². The molecule has 1 aliphatic rings. The second-order valence-electron chi connectivity index (χ2n) is 5.71. The Labute approximate surface area is 159 Å². The third kappa shape index (κ3) is 4.30. The van der Waals surface area contributed by atoms with Crippen LogP contribution in [0.3, 0.4) is 0 Å². The summed E-state index contributed by atoms with van der Waals surface area (Å²) in [6, 6.07) is 5.55. The largest absolute Gasteiger partial charge is 0.339 e. The summed E-state index contributed by atoms with van der Waals surface area (Å²) >= 11 is 15.8. The number of halogens is 3. The first-order valence-corrected chi connectivity index (χ1v) is 9.19. The monoisotopic (exact) mass is 430 g/mol. The van der Waals surface area contributed by atoms with Gasteiger partial charge < -0.3 is 4.90 Å². The van der Waals surface area contributed by atoms with E-state index in [2.05, 4.69) is 25.9 Å². The molecule has 0 aliphatic carbocycles. The molecule has 0 bridgehead atoms. The zero-order chi connectivity index (χ0) is 17.1. The van der Waals surface area contributed by atoms with E-state index in [0.29, 0.717) is 29.7 Å². The van der Waals surface area contributed by atoms with Crippen molar-refractivity contribution in [1.82, 2.24) is 19.6 Å². The summed E-state index contributed by atoms with van der Waals surface area (Å²) in [5, 5.41) is 5.49. The topological polar surface area (TPSA) is 41.4 Å². The number of carbonyl (C=O) groups is 1. The van der Waals surface area contributed by atoms with E-state index in [0.717, 1.165) is 23.1 Å². The summed E-state index contributed by atoms with van der Waals surface area (Å²) in [5.41, 5.74) is 0.946. The number of hydrogen-bond acceptors (Lipinski definition) is 3. The second-order valence-corrected chi connectivity index (χ2v) is 7.44. The minimum atomic E-state index is 0.0843. The van der Waals surface area contributed by atoms with Gasteiger partial charge in [0.15, 0.2) is 0 Å². The molecule has 0 saturated carbocycles. The molecule has 1 aliphatic heterocycles. The van der Waals surface area contributed by atoms with Crippen molar-refractivity contribution < 1.29 is 4.79 Å². The highest BCUT2D eigenvalue weighted by Gasteiger charge is 2.22.